The van der Waals surface area contributed by atoms with Crippen molar-refractivity contribution in [3.63, 3.8) is 0 Å². The molecule has 0 amide bonds. The Hall–Kier alpha value is -0.250. The predicted molar refractivity (Wildman–Crippen MR) is 44.5 cm³/mol. The zero-order valence-corrected chi connectivity index (χ0v) is 7.85. The van der Waals surface area contributed by atoms with Crippen LogP contribution in [0.1, 0.15) is 13.8 Å². The Balaban J connectivity index is 3.28. The van der Waals surface area contributed by atoms with E-state index in [1.807, 2.05) is 6.92 Å². The van der Waals surface area contributed by atoms with E-state index in [1.54, 1.807) is 6.92 Å². The Morgan fingerprint density at radius 3 is 2.80 bits per heavy atom. The maximum atomic E-state index is 5.00. The van der Waals surface area contributed by atoms with Gasteiger partial charge in [0.15, 0.2) is 0 Å². The van der Waals surface area contributed by atoms with Gasteiger partial charge < -0.3 is 9.57 Å². The van der Waals surface area contributed by atoms with Crippen molar-refractivity contribution in [2.24, 2.45) is 5.16 Å². The lowest BCUT2D eigenvalue weighted by Gasteiger charge is -1.99. The quantitative estimate of drug-likeness (QED) is 0.233. The first-order valence-electron chi connectivity index (χ1n) is 3.16. The van der Waals surface area contributed by atoms with Crippen LogP contribution in [0.5, 0.6) is 0 Å². The largest absolute Gasteiger partial charge is 0.479 e. The molecule has 0 bridgehead atoms. The van der Waals surface area contributed by atoms with E-state index in [0.717, 1.165) is 5.33 Å². The lowest BCUT2D eigenvalue weighted by molar-refractivity contribution is 0.148. The van der Waals surface area contributed by atoms with Crippen LogP contribution < -0.4 is 0 Å². The number of hydrogen-bond acceptors (Lipinski definition) is 3. The molecule has 0 rings (SSSR count). The fourth-order valence-corrected chi connectivity index (χ4v) is 0.551. The Labute approximate surface area is 69.5 Å². The molecule has 0 aliphatic carbocycles. The molecule has 0 aromatic carbocycles. The Kier molecular flexibility index (Phi) is 6.69. The van der Waals surface area contributed by atoms with Gasteiger partial charge in [-0.05, 0) is 6.92 Å². The minimum Gasteiger partial charge on any atom is -0.479 e. The van der Waals surface area contributed by atoms with Gasteiger partial charge in [-0.3, -0.25) is 0 Å². The molecule has 3 nitrogen and oxygen atoms in total. The topological polar surface area (TPSA) is 30.8 Å². The summed E-state index contributed by atoms with van der Waals surface area (Å²) >= 11 is 3.20. The van der Waals surface area contributed by atoms with Crippen molar-refractivity contribution in [3.05, 3.63) is 0 Å². The molecule has 0 heterocycles. The first-order chi connectivity index (χ1) is 4.81. The standard InChI is InChI=1S/C6H12BrNO2/c1-3-9-6(2)8-10-5-4-7/h3-5H2,1-2H3/b8-6+. The van der Waals surface area contributed by atoms with E-state index in [9.17, 15) is 0 Å². The van der Waals surface area contributed by atoms with Crippen LogP contribution in [-0.2, 0) is 9.57 Å². The fraction of sp³-hybridized carbons (Fsp3) is 0.833. The first-order valence-corrected chi connectivity index (χ1v) is 4.28. The van der Waals surface area contributed by atoms with Crippen LogP contribution in [0.2, 0.25) is 0 Å². The van der Waals surface area contributed by atoms with Crippen LogP contribution in [0.3, 0.4) is 0 Å². The smallest absolute Gasteiger partial charge is 0.222 e. The second-order valence-corrected chi connectivity index (χ2v) is 2.36. The summed E-state index contributed by atoms with van der Waals surface area (Å²) in [6.45, 7) is 4.87. The lowest BCUT2D eigenvalue weighted by Crippen LogP contribution is -2.00. The van der Waals surface area contributed by atoms with Crippen molar-refractivity contribution in [2.45, 2.75) is 13.8 Å². The van der Waals surface area contributed by atoms with Gasteiger partial charge in [0.1, 0.15) is 6.61 Å². The summed E-state index contributed by atoms with van der Waals surface area (Å²) in [5.74, 6) is 0.573. The summed E-state index contributed by atoms with van der Waals surface area (Å²) < 4.78 is 5.00. The van der Waals surface area contributed by atoms with Crippen molar-refractivity contribution in [1.82, 2.24) is 0 Å². The van der Waals surface area contributed by atoms with Gasteiger partial charge in [-0.25, -0.2) is 0 Å². The Morgan fingerprint density at radius 1 is 1.60 bits per heavy atom. The molecule has 4 heteroatoms. The second-order valence-electron chi connectivity index (χ2n) is 1.57. The summed E-state index contributed by atoms with van der Waals surface area (Å²) in [5, 5.41) is 4.46. The summed E-state index contributed by atoms with van der Waals surface area (Å²) in [6.07, 6.45) is 0. The molecular formula is C6H12BrNO2. The minimum atomic E-state index is 0.573. The summed E-state index contributed by atoms with van der Waals surface area (Å²) in [4.78, 5) is 4.81. The molecule has 0 aliphatic heterocycles. The van der Waals surface area contributed by atoms with Crippen molar-refractivity contribution < 1.29 is 9.57 Å². The van der Waals surface area contributed by atoms with Gasteiger partial charge in [0.05, 0.1) is 6.61 Å². The van der Waals surface area contributed by atoms with Gasteiger partial charge in [-0.2, -0.15) is 0 Å². The molecule has 0 saturated carbocycles. The molecule has 10 heavy (non-hydrogen) atoms. The second kappa shape index (κ2) is 6.86. The fourth-order valence-electron chi connectivity index (χ4n) is 0.406. The molecular weight excluding hydrogens is 198 g/mol. The molecule has 0 aromatic rings. The number of rotatable bonds is 4. The highest BCUT2D eigenvalue weighted by Gasteiger charge is 1.87. The normalized spacial score (nSPS) is 11.3. The average molecular weight is 210 g/mol. The predicted octanol–water partition coefficient (Wildman–Crippen LogP) is 1.77. The van der Waals surface area contributed by atoms with E-state index in [4.69, 9.17) is 9.57 Å². The monoisotopic (exact) mass is 209 g/mol. The molecule has 0 atom stereocenters. The Morgan fingerprint density at radius 2 is 2.30 bits per heavy atom. The van der Waals surface area contributed by atoms with E-state index < -0.39 is 0 Å². The third-order valence-electron chi connectivity index (χ3n) is 0.715. The molecule has 0 spiro atoms. The number of nitrogens with zero attached hydrogens (tertiary/aromatic N) is 1. The van der Waals surface area contributed by atoms with Crippen LogP contribution in [0.25, 0.3) is 0 Å². The zero-order valence-electron chi connectivity index (χ0n) is 6.26. The number of halogens is 1. The van der Waals surface area contributed by atoms with Gasteiger partial charge >= 0.3 is 0 Å². The minimum absolute atomic E-state index is 0.573. The Bertz CT molecular complexity index is 106. The van der Waals surface area contributed by atoms with E-state index in [-0.39, 0.29) is 0 Å². The van der Waals surface area contributed by atoms with Gasteiger partial charge in [-0.1, -0.05) is 21.1 Å². The van der Waals surface area contributed by atoms with Crippen molar-refractivity contribution in [3.8, 4) is 0 Å². The molecule has 0 unspecified atom stereocenters. The highest BCUT2D eigenvalue weighted by molar-refractivity contribution is 9.09. The zero-order chi connectivity index (χ0) is 7.82. The highest BCUT2D eigenvalue weighted by atomic mass is 79.9. The van der Waals surface area contributed by atoms with E-state index in [0.29, 0.717) is 19.1 Å². The number of oxime groups is 1. The summed E-state index contributed by atoms with van der Waals surface area (Å²) in [6, 6.07) is 0. The molecule has 0 saturated heterocycles. The number of ether oxygens (including phenoxy) is 1. The van der Waals surface area contributed by atoms with Gasteiger partial charge in [0.2, 0.25) is 5.90 Å². The van der Waals surface area contributed by atoms with Crippen LogP contribution in [0, 0.1) is 0 Å². The van der Waals surface area contributed by atoms with E-state index in [2.05, 4.69) is 21.1 Å². The van der Waals surface area contributed by atoms with Gasteiger partial charge in [-0.15, -0.1) is 0 Å². The van der Waals surface area contributed by atoms with Crippen molar-refractivity contribution in [2.75, 3.05) is 18.5 Å². The summed E-state index contributed by atoms with van der Waals surface area (Å²) in [7, 11) is 0. The van der Waals surface area contributed by atoms with Crippen molar-refractivity contribution >= 4 is 21.8 Å². The third-order valence-corrected chi connectivity index (χ3v) is 1.04. The lowest BCUT2D eigenvalue weighted by atomic mass is 10.7. The average Bonchev–Trinajstić information content (AvgIpc) is 1.89. The SMILES string of the molecule is CCO/C(C)=N/OCCBr. The van der Waals surface area contributed by atoms with Crippen LogP contribution >= 0.6 is 15.9 Å². The summed E-state index contributed by atoms with van der Waals surface area (Å²) in [5.41, 5.74) is 0. The van der Waals surface area contributed by atoms with Crippen LogP contribution in [-0.4, -0.2) is 24.4 Å². The molecule has 0 radical (unpaired) electrons. The highest BCUT2D eigenvalue weighted by Crippen LogP contribution is 1.86. The first kappa shape index (κ1) is 9.75. The van der Waals surface area contributed by atoms with Gasteiger partial charge in [0, 0.05) is 12.3 Å². The van der Waals surface area contributed by atoms with E-state index in [1.165, 1.54) is 0 Å². The molecule has 0 N–H and O–H groups in total. The van der Waals surface area contributed by atoms with E-state index >= 15 is 0 Å². The third kappa shape index (κ3) is 5.88. The van der Waals surface area contributed by atoms with Crippen LogP contribution in [0.15, 0.2) is 5.16 Å². The molecule has 0 aliphatic rings. The van der Waals surface area contributed by atoms with Crippen molar-refractivity contribution in [1.29, 1.82) is 0 Å². The maximum absolute atomic E-state index is 5.00. The molecule has 0 fully saturated rings. The maximum Gasteiger partial charge on any atom is 0.222 e. The van der Waals surface area contributed by atoms with Crippen LogP contribution in [0.4, 0.5) is 0 Å². The van der Waals surface area contributed by atoms with Gasteiger partial charge in [0.25, 0.3) is 0 Å². The number of hydrogen-bond donors (Lipinski definition) is 0. The number of alkyl halides is 1. The molecule has 0 aromatic heterocycles. The molecule has 60 valence electrons.